The van der Waals surface area contributed by atoms with Crippen molar-refractivity contribution in [2.75, 3.05) is 26.4 Å². The van der Waals surface area contributed by atoms with E-state index >= 15 is 0 Å². The van der Waals surface area contributed by atoms with Crippen molar-refractivity contribution in [2.24, 2.45) is 0 Å². The Morgan fingerprint density at radius 3 is 2.65 bits per heavy atom. The number of amides is 2. The first-order chi connectivity index (χ1) is 15.0. The Kier molecular flexibility index (Phi) is 8.13. The second-order valence-corrected chi connectivity index (χ2v) is 8.18. The van der Waals surface area contributed by atoms with Crippen molar-refractivity contribution < 1.29 is 28.6 Å². The maximum Gasteiger partial charge on any atom is 0.344 e. The molecular formula is C22H20BrNO6S. The van der Waals surface area contributed by atoms with Crippen LogP contribution in [-0.4, -0.2) is 48.4 Å². The molecule has 3 rings (SSSR count). The van der Waals surface area contributed by atoms with E-state index in [1.807, 2.05) is 18.2 Å². The minimum atomic E-state index is -0.491. The molecule has 1 aliphatic rings. The Hall–Kier alpha value is -2.78. The summed E-state index contributed by atoms with van der Waals surface area (Å²) in [5, 5.41) is -0.364. The molecule has 2 aromatic rings. The van der Waals surface area contributed by atoms with Crippen molar-refractivity contribution in [3.8, 4) is 11.5 Å². The lowest BCUT2D eigenvalue weighted by molar-refractivity contribution is -0.145. The van der Waals surface area contributed by atoms with Gasteiger partial charge in [-0.1, -0.05) is 34.1 Å². The van der Waals surface area contributed by atoms with E-state index in [0.29, 0.717) is 17.1 Å². The molecule has 0 unspecified atom stereocenters. The molecule has 0 bridgehead atoms. The predicted octanol–water partition coefficient (Wildman–Crippen LogP) is 4.51. The number of benzene rings is 2. The largest absolute Gasteiger partial charge is 0.492 e. The minimum absolute atomic E-state index is 0.140. The van der Waals surface area contributed by atoms with Crippen LogP contribution in [0.1, 0.15) is 12.5 Å². The van der Waals surface area contributed by atoms with Crippen LogP contribution in [0.25, 0.3) is 6.08 Å². The summed E-state index contributed by atoms with van der Waals surface area (Å²) in [5.41, 5.74) is 0.560. The van der Waals surface area contributed by atoms with Gasteiger partial charge < -0.3 is 14.2 Å². The molecule has 31 heavy (non-hydrogen) atoms. The third-order valence-electron chi connectivity index (χ3n) is 4.11. The zero-order chi connectivity index (χ0) is 22.2. The molecule has 7 nitrogen and oxygen atoms in total. The van der Waals surface area contributed by atoms with Crippen molar-refractivity contribution in [2.45, 2.75) is 6.92 Å². The normalized spacial score (nSPS) is 14.8. The van der Waals surface area contributed by atoms with Gasteiger partial charge in [0.25, 0.3) is 11.1 Å². The summed E-state index contributed by atoms with van der Waals surface area (Å²) in [7, 11) is 0. The van der Waals surface area contributed by atoms with Crippen LogP contribution in [0.5, 0.6) is 11.5 Å². The summed E-state index contributed by atoms with van der Waals surface area (Å²) in [6, 6.07) is 14.3. The average molecular weight is 506 g/mol. The second-order valence-electron chi connectivity index (χ2n) is 6.27. The molecule has 0 atom stereocenters. The number of carbonyl (C=O) groups excluding carboxylic acids is 3. The third-order valence-corrected chi connectivity index (χ3v) is 5.51. The fraction of sp³-hybridized carbons (Fsp3) is 0.227. The number of carbonyl (C=O) groups is 3. The summed E-state index contributed by atoms with van der Waals surface area (Å²) in [5.74, 6) is 0.177. The standard InChI is InChI=1S/C22H20BrNO6S/c1-2-28-20(25)14-30-18-9-8-16(23)12-15(18)13-19-21(26)24(22(27)31-19)10-11-29-17-6-4-3-5-7-17/h3-9,12-13H,2,10-11,14H2,1H3/b19-13-. The number of nitrogens with zero attached hydrogens (tertiary/aromatic N) is 1. The number of thioether (sulfide) groups is 1. The molecule has 0 aromatic heterocycles. The Bertz CT molecular complexity index is 995. The zero-order valence-electron chi connectivity index (χ0n) is 16.7. The lowest BCUT2D eigenvalue weighted by Gasteiger charge is -2.13. The van der Waals surface area contributed by atoms with Gasteiger partial charge in [-0.05, 0) is 55.1 Å². The highest BCUT2D eigenvalue weighted by Gasteiger charge is 2.35. The van der Waals surface area contributed by atoms with Crippen molar-refractivity contribution in [3.63, 3.8) is 0 Å². The molecule has 0 saturated carbocycles. The minimum Gasteiger partial charge on any atom is -0.492 e. The highest BCUT2D eigenvalue weighted by molar-refractivity contribution is 9.10. The molecule has 0 spiro atoms. The van der Waals surface area contributed by atoms with Gasteiger partial charge in [0.1, 0.15) is 18.1 Å². The Balaban J connectivity index is 1.68. The fourth-order valence-electron chi connectivity index (χ4n) is 2.71. The van der Waals surface area contributed by atoms with Gasteiger partial charge in [0.15, 0.2) is 6.61 Å². The van der Waals surface area contributed by atoms with E-state index in [0.717, 1.165) is 21.1 Å². The summed E-state index contributed by atoms with van der Waals surface area (Å²) in [6.45, 7) is 2.05. The van der Waals surface area contributed by atoms with Gasteiger partial charge in [-0.25, -0.2) is 4.79 Å². The lowest BCUT2D eigenvalue weighted by atomic mass is 10.2. The van der Waals surface area contributed by atoms with Gasteiger partial charge in [-0.2, -0.15) is 0 Å². The summed E-state index contributed by atoms with van der Waals surface area (Å²) in [4.78, 5) is 38.1. The number of hydrogen-bond donors (Lipinski definition) is 0. The first kappa shape index (κ1) is 22.9. The number of esters is 1. The number of halogens is 1. The van der Waals surface area contributed by atoms with Crippen LogP contribution in [0.3, 0.4) is 0 Å². The number of ether oxygens (including phenoxy) is 3. The van der Waals surface area contributed by atoms with Crippen LogP contribution < -0.4 is 9.47 Å². The molecule has 2 amide bonds. The van der Waals surface area contributed by atoms with Crippen molar-refractivity contribution in [1.29, 1.82) is 0 Å². The number of para-hydroxylation sites is 1. The number of imide groups is 1. The SMILES string of the molecule is CCOC(=O)COc1ccc(Br)cc1/C=C1\SC(=O)N(CCOc2ccccc2)C1=O. The smallest absolute Gasteiger partial charge is 0.344 e. The molecule has 1 fully saturated rings. The summed E-state index contributed by atoms with van der Waals surface area (Å²) < 4.78 is 16.7. The Labute approximate surface area is 192 Å². The van der Waals surface area contributed by atoms with E-state index in [1.54, 1.807) is 43.3 Å². The van der Waals surface area contributed by atoms with Gasteiger partial charge in [0.05, 0.1) is 18.1 Å². The number of hydrogen-bond acceptors (Lipinski definition) is 7. The van der Waals surface area contributed by atoms with Crippen LogP contribution >= 0.6 is 27.7 Å². The molecule has 2 aromatic carbocycles. The van der Waals surface area contributed by atoms with Gasteiger partial charge in [0, 0.05) is 10.0 Å². The lowest BCUT2D eigenvalue weighted by Crippen LogP contribution is -2.32. The van der Waals surface area contributed by atoms with Gasteiger partial charge in [-0.15, -0.1) is 0 Å². The van der Waals surface area contributed by atoms with Crippen LogP contribution in [0.15, 0.2) is 57.9 Å². The van der Waals surface area contributed by atoms with E-state index in [2.05, 4.69) is 15.9 Å². The molecule has 0 aliphatic carbocycles. The van der Waals surface area contributed by atoms with Gasteiger partial charge >= 0.3 is 5.97 Å². The Morgan fingerprint density at radius 2 is 1.90 bits per heavy atom. The summed E-state index contributed by atoms with van der Waals surface area (Å²) >= 11 is 4.23. The van der Waals surface area contributed by atoms with Crippen LogP contribution in [-0.2, 0) is 14.3 Å². The van der Waals surface area contributed by atoms with E-state index in [9.17, 15) is 14.4 Å². The first-order valence-corrected chi connectivity index (χ1v) is 11.1. The van der Waals surface area contributed by atoms with E-state index in [-0.39, 0.29) is 36.5 Å². The maximum absolute atomic E-state index is 12.7. The third kappa shape index (κ3) is 6.35. The first-order valence-electron chi connectivity index (χ1n) is 9.49. The van der Waals surface area contributed by atoms with Crippen LogP contribution in [0.2, 0.25) is 0 Å². The average Bonchev–Trinajstić information content (AvgIpc) is 3.01. The predicted molar refractivity (Wildman–Crippen MR) is 121 cm³/mol. The zero-order valence-corrected chi connectivity index (χ0v) is 19.1. The Morgan fingerprint density at radius 1 is 1.13 bits per heavy atom. The maximum atomic E-state index is 12.7. The van der Waals surface area contributed by atoms with E-state index in [1.165, 1.54) is 0 Å². The molecule has 0 N–H and O–H groups in total. The topological polar surface area (TPSA) is 82.1 Å². The molecule has 1 aliphatic heterocycles. The fourth-order valence-corrected chi connectivity index (χ4v) is 3.94. The monoisotopic (exact) mass is 505 g/mol. The van der Waals surface area contributed by atoms with E-state index < -0.39 is 11.9 Å². The van der Waals surface area contributed by atoms with Crippen LogP contribution in [0, 0.1) is 0 Å². The van der Waals surface area contributed by atoms with Crippen molar-refractivity contribution in [3.05, 3.63) is 63.5 Å². The van der Waals surface area contributed by atoms with E-state index in [4.69, 9.17) is 14.2 Å². The van der Waals surface area contributed by atoms with Gasteiger partial charge in [0.2, 0.25) is 0 Å². The highest BCUT2D eigenvalue weighted by Crippen LogP contribution is 2.34. The highest BCUT2D eigenvalue weighted by atomic mass is 79.9. The molecule has 162 valence electrons. The quantitative estimate of drug-likeness (QED) is 0.366. The molecular weight excluding hydrogens is 486 g/mol. The van der Waals surface area contributed by atoms with Crippen molar-refractivity contribution >= 4 is 50.9 Å². The van der Waals surface area contributed by atoms with Crippen molar-refractivity contribution in [1.82, 2.24) is 4.90 Å². The molecule has 9 heteroatoms. The summed E-state index contributed by atoms with van der Waals surface area (Å²) in [6.07, 6.45) is 1.58. The molecule has 1 heterocycles. The molecule has 0 radical (unpaired) electrons. The number of rotatable bonds is 9. The van der Waals surface area contributed by atoms with Gasteiger partial charge in [-0.3, -0.25) is 14.5 Å². The van der Waals surface area contributed by atoms with Crippen LogP contribution in [0.4, 0.5) is 4.79 Å². The molecule has 1 saturated heterocycles. The second kappa shape index (κ2) is 11.0.